The van der Waals surface area contributed by atoms with Gasteiger partial charge in [-0.1, -0.05) is 6.92 Å². The van der Waals surface area contributed by atoms with Gasteiger partial charge in [0, 0.05) is 6.54 Å². The summed E-state index contributed by atoms with van der Waals surface area (Å²) in [5.41, 5.74) is 5.69. The fraction of sp³-hybridized carbons (Fsp3) is 0.455. The molecule has 0 saturated carbocycles. The molecule has 92 valence electrons. The molecule has 4 nitrogen and oxygen atoms in total. The van der Waals surface area contributed by atoms with E-state index in [0.717, 1.165) is 28.3 Å². The molecule has 0 aliphatic rings. The maximum atomic E-state index is 5.69. The molecule has 2 aromatic rings. The zero-order valence-electron chi connectivity index (χ0n) is 9.93. The van der Waals surface area contributed by atoms with Gasteiger partial charge in [0.05, 0.1) is 5.39 Å². The summed E-state index contributed by atoms with van der Waals surface area (Å²) in [6.07, 6.45) is 2.12. The summed E-state index contributed by atoms with van der Waals surface area (Å²) in [6.45, 7) is 3.13. The minimum Gasteiger partial charge on any atom is -0.369 e. The first kappa shape index (κ1) is 12.4. The Balaban J connectivity index is 2.14. The van der Waals surface area contributed by atoms with Crippen molar-refractivity contribution in [3.63, 3.8) is 0 Å². The molecule has 6 heteroatoms. The van der Waals surface area contributed by atoms with Crippen LogP contribution in [0.4, 0.5) is 11.8 Å². The topological polar surface area (TPSA) is 63.8 Å². The van der Waals surface area contributed by atoms with Crippen molar-refractivity contribution in [2.75, 3.05) is 29.6 Å². The summed E-state index contributed by atoms with van der Waals surface area (Å²) in [4.78, 5) is 9.40. The number of nitrogen functional groups attached to an aromatic ring is 1. The van der Waals surface area contributed by atoms with E-state index in [1.165, 1.54) is 0 Å². The molecule has 1 unspecified atom stereocenters. The Kier molecular flexibility index (Phi) is 4.06. The zero-order chi connectivity index (χ0) is 12.3. The van der Waals surface area contributed by atoms with E-state index < -0.39 is 0 Å². The first-order chi connectivity index (χ1) is 8.20. The highest BCUT2D eigenvalue weighted by molar-refractivity contribution is 7.98. The van der Waals surface area contributed by atoms with Crippen LogP contribution in [-0.2, 0) is 0 Å². The number of hydrogen-bond acceptors (Lipinski definition) is 6. The number of thiophene rings is 1. The fourth-order valence-corrected chi connectivity index (χ4v) is 3.08. The van der Waals surface area contributed by atoms with Crippen LogP contribution in [0.25, 0.3) is 10.2 Å². The monoisotopic (exact) mass is 268 g/mol. The van der Waals surface area contributed by atoms with Gasteiger partial charge >= 0.3 is 0 Å². The smallest absolute Gasteiger partial charge is 0.223 e. The van der Waals surface area contributed by atoms with Crippen molar-refractivity contribution >= 4 is 45.1 Å². The third-order valence-corrected chi connectivity index (χ3v) is 4.12. The normalized spacial score (nSPS) is 12.8. The van der Waals surface area contributed by atoms with Gasteiger partial charge in [-0.15, -0.1) is 11.3 Å². The molecule has 1 atom stereocenters. The second-order valence-electron chi connectivity index (χ2n) is 4.01. The Morgan fingerprint density at radius 2 is 2.35 bits per heavy atom. The van der Waals surface area contributed by atoms with Crippen LogP contribution in [0.2, 0.25) is 0 Å². The number of rotatable bonds is 5. The molecule has 0 radical (unpaired) electrons. The molecule has 0 saturated heterocycles. The van der Waals surface area contributed by atoms with E-state index in [0.29, 0.717) is 11.9 Å². The van der Waals surface area contributed by atoms with E-state index in [-0.39, 0.29) is 0 Å². The van der Waals surface area contributed by atoms with E-state index in [1.807, 2.05) is 23.2 Å². The van der Waals surface area contributed by atoms with Crippen LogP contribution in [0.5, 0.6) is 0 Å². The summed E-state index contributed by atoms with van der Waals surface area (Å²) in [7, 11) is 0. The lowest BCUT2D eigenvalue weighted by molar-refractivity contribution is 0.700. The highest BCUT2D eigenvalue weighted by Gasteiger charge is 2.08. The van der Waals surface area contributed by atoms with Crippen molar-refractivity contribution in [1.29, 1.82) is 0 Å². The van der Waals surface area contributed by atoms with Crippen LogP contribution in [0.1, 0.15) is 6.92 Å². The second kappa shape index (κ2) is 5.55. The maximum absolute atomic E-state index is 5.69. The molecule has 0 aliphatic heterocycles. The van der Waals surface area contributed by atoms with Gasteiger partial charge < -0.3 is 11.1 Å². The summed E-state index contributed by atoms with van der Waals surface area (Å²) < 4.78 is 0. The zero-order valence-corrected chi connectivity index (χ0v) is 11.6. The van der Waals surface area contributed by atoms with Gasteiger partial charge in [-0.05, 0) is 29.4 Å². The average molecular weight is 268 g/mol. The van der Waals surface area contributed by atoms with Crippen molar-refractivity contribution in [2.45, 2.75) is 6.92 Å². The summed E-state index contributed by atoms with van der Waals surface area (Å²) >= 11 is 3.44. The van der Waals surface area contributed by atoms with Gasteiger partial charge in [-0.2, -0.15) is 16.7 Å². The molecular weight excluding hydrogens is 252 g/mol. The van der Waals surface area contributed by atoms with Crippen molar-refractivity contribution < 1.29 is 0 Å². The number of fused-ring (bicyclic) bond motifs is 1. The van der Waals surface area contributed by atoms with Gasteiger partial charge in [-0.25, -0.2) is 4.98 Å². The second-order valence-corrected chi connectivity index (χ2v) is 5.82. The van der Waals surface area contributed by atoms with E-state index in [4.69, 9.17) is 5.73 Å². The predicted molar refractivity (Wildman–Crippen MR) is 77.9 cm³/mol. The Labute approximate surface area is 109 Å². The van der Waals surface area contributed by atoms with E-state index in [9.17, 15) is 0 Å². The largest absolute Gasteiger partial charge is 0.369 e. The van der Waals surface area contributed by atoms with Crippen molar-refractivity contribution in [1.82, 2.24) is 9.97 Å². The van der Waals surface area contributed by atoms with Crippen LogP contribution in [0, 0.1) is 5.92 Å². The Morgan fingerprint density at radius 3 is 3.12 bits per heavy atom. The lowest BCUT2D eigenvalue weighted by Crippen LogP contribution is -2.14. The molecule has 0 amide bonds. The minimum atomic E-state index is 0.333. The van der Waals surface area contributed by atoms with Crippen molar-refractivity contribution in [3.05, 3.63) is 11.4 Å². The molecule has 0 aliphatic carbocycles. The third kappa shape index (κ3) is 3.01. The molecular formula is C11H16N4S2. The van der Waals surface area contributed by atoms with Crippen molar-refractivity contribution in [2.24, 2.45) is 5.92 Å². The Bertz CT molecular complexity index is 497. The standard InChI is InChI=1S/C11H16N4S2/c1-7(6-16-2)5-13-9-8-3-4-17-10(8)15-11(12)14-9/h3-4,7H,5-6H2,1-2H3,(H3,12,13,14,15). The molecule has 0 bridgehead atoms. The first-order valence-electron chi connectivity index (χ1n) is 5.44. The Morgan fingerprint density at radius 1 is 1.53 bits per heavy atom. The number of nitrogens with one attached hydrogen (secondary N) is 1. The lowest BCUT2D eigenvalue weighted by atomic mass is 10.2. The van der Waals surface area contributed by atoms with Gasteiger partial charge in [0.1, 0.15) is 10.6 Å². The van der Waals surface area contributed by atoms with Gasteiger partial charge in [0.2, 0.25) is 5.95 Å². The lowest BCUT2D eigenvalue weighted by Gasteiger charge is -2.12. The number of anilines is 2. The van der Waals surface area contributed by atoms with Crippen LogP contribution in [0.15, 0.2) is 11.4 Å². The van der Waals surface area contributed by atoms with E-state index >= 15 is 0 Å². The number of thioether (sulfide) groups is 1. The molecule has 0 spiro atoms. The number of nitrogens with zero attached hydrogens (tertiary/aromatic N) is 2. The number of aromatic nitrogens is 2. The predicted octanol–water partition coefficient (Wildman–Crippen LogP) is 2.68. The van der Waals surface area contributed by atoms with E-state index in [1.54, 1.807) is 11.3 Å². The maximum Gasteiger partial charge on any atom is 0.223 e. The summed E-state index contributed by atoms with van der Waals surface area (Å²) in [5, 5.41) is 6.43. The summed E-state index contributed by atoms with van der Waals surface area (Å²) in [6, 6.07) is 2.03. The minimum absolute atomic E-state index is 0.333. The first-order valence-corrected chi connectivity index (χ1v) is 7.71. The van der Waals surface area contributed by atoms with Crippen LogP contribution in [-0.4, -0.2) is 28.5 Å². The Hall–Kier alpha value is -1.01. The molecule has 0 aromatic carbocycles. The van der Waals surface area contributed by atoms with E-state index in [2.05, 4.69) is 28.5 Å². The quantitative estimate of drug-likeness (QED) is 0.873. The van der Waals surface area contributed by atoms with Crippen LogP contribution < -0.4 is 11.1 Å². The third-order valence-electron chi connectivity index (χ3n) is 2.41. The average Bonchev–Trinajstić information content (AvgIpc) is 2.74. The SMILES string of the molecule is CSCC(C)CNc1nc(N)nc2sccc12. The van der Waals surface area contributed by atoms with Gasteiger partial charge in [0.15, 0.2) is 0 Å². The molecule has 2 heterocycles. The van der Waals surface area contributed by atoms with Crippen LogP contribution in [0.3, 0.4) is 0 Å². The fourth-order valence-electron chi connectivity index (χ4n) is 1.62. The number of nitrogens with two attached hydrogens (primary N) is 1. The molecule has 17 heavy (non-hydrogen) atoms. The van der Waals surface area contributed by atoms with Gasteiger partial charge in [-0.3, -0.25) is 0 Å². The molecule has 2 aromatic heterocycles. The van der Waals surface area contributed by atoms with Crippen LogP contribution >= 0.6 is 23.1 Å². The van der Waals surface area contributed by atoms with Crippen molar-refractivity contribution in [3.8, 4) is 0 Å². The highest BCUT2D eigenvalue weighted by Crippen LogP contribution is 2.25. The number of hydrogen-bond donors (Lipinski definition) is 2. The molecule has 3 N–H and O–H groups in total. The molecule has 2 rings (SSSR count). The summed E-state index contributed by atoms with van der Waals surface area (Å²) in [5.74, 6) is 2.93. The van der Waals surface area contributed by atoms with Gasteiger partial charge in [0.25, 0.3) is 0 Å². The molecule has 0 fully saturated rings. The highest BCUT2D eigenvalue weighted by atomic mass is 32.2.